The fraction of sp³-hybridized carbons (Fsp3) is 0.500. The average molecular weight is 355 g/mol. The van der Waals surface area contributed by atoms with E-state index in [-0.39, 0.29) is 12.0 Å². The zero-order valence-electron chi connectivity index (χ0n) is 15.2. The van der Waals surface area contributed by atoms with Crippen molar-refractivity contribution in [1.82, 2.24) is 9.80 Å². The van der Waals surface area contributed by atoms with Gasteiger partial charge in [-0.3, -0.25) is 9.69 Å². The number of carbonyl (C=O) groups excluding carboxylic acids is 1. The number of para-hydroxylation sites is 1. The summed E-state index contributed by atoms with van der Waals surface area (Å²) in [6.07, 6.45) is 2.99. The number of rotatable bonds is 4. The molecule has 4 rings (SSSR count). The fourth-order valence-corrected chi connectivity index (χ4v) is 3.68. The van der Waals surface area contributed by atoms with Crippen molar-refractivity contribution in [2.75, 3.05) is 32.7 Å². The molecule has 1 saturated heterocycles. The summed E-state index contributed by atoms with van der Waals surface area (Å²) in [7, 11) is 0. The van der Waals surface area contributed by atoms with Crippen LogP contribution in [0, 0.1) is 0 Å². The average Bonchev–Trinajstić information content (AvgIpc) is 3.23. The van der Waals surface area contributed by atoms with E-state index in [9.17, 15) is 4.79 Å². The molecule has 2 aliphatic rings. The van der Waals surface area contributed by atoms with Gasteiger partial charge >= 0.3 is 0 Å². The molecule has 0 radical (unpaired) electrons. The molecule has 1 aromatic carbocycles. The first-order chi connectivity index (χ1) is 12.7. The Labute approximate surface area is 153 Å². The van der Waals surface area contributed by atoms with Gasteiger partial charge in [-0.05, 0) is 25.0 Å². The van der Waals surface area contributed by atoms with Crippen LogP contribution in [0.5, 0.6) is 0 Å². The maximum atomic E-state index is 12.8. The van der Waals surface area contributed by atoms with E-state index in [1.54, 1.807) is 0 Å². The van der Waals surface area contributed by atoms with Gasteiger partial charge in [0.25, 0.3) is 5.91 Å². The fourth-order valence-electron chi connectivity index (χ4n) is 3.68. The first-order valence-corrected chi connectivity index (χ1v) is 9.44. The van der Waals surface area contributed by atoms with Crippen LogP contribution in [-0.2, 0) is 4.84 Å². The summed E-state index contributed by atoms with van der Waals surface area (Å²) in [5.74, 6) is 0.413. The monoisotopic (exact) mass is 355 g/mol. The second-order valence-corrected chi connectivity index (χ2v) is 7.04. The summed E-state index contributed by atoms with van der Waals surface area (Å²) >= 11 is 0. The molecule has 1 unspecified atom stereocenters. The van der Waals surface area contributed by atoms with Gasteiger partial charge in [-0.25, -0.2) is 0 Å². The lowest BCUT2D eigenvalue weighted by atomic mass is 10.1. The van der Waals surface area contributed by atoms with Crippen LogP contribution in [-0.4, -0.2) is 60.2 Å². The number of hydrogen-bond acceptors (Lipinski definition) is 5. The number of furan rings is 1. The van der Waals surface area contributed by atoms with Gasteiger partial charge in [0.15, 0.2) is 5.76 Å². The lowest BCUT2D eigenvalue weighted by Crippen LogP contribution is -2.37. The Kier molecular flexibility index (Phi) is 4.93. The van der Waals surface area contributed by atoms with Crippen molar-refractivity contribution in [3.05, 3.63) is 36.1 Å². The Hall–Kier alpha value is -2.34. The van der Waals surface area contributed by atoms with E-state index in [4.69, 9.17) is 9.25 Å². The third kappa shape index (κ3) is 3.60. The second-order valence-electron chi connectivity index (χ2n) is 7.04. The van der Waals surface area contributed by atoms with Crippen molar-refractivity contribution in [1.29, 1.82) is 0 Å². The number of fused-ring (bicyclic) bond motifs is 1. The quantitative estimate of drug-likeness (QED) is 0.845. The third-order valence-corrected chi connectivity index (χ3v) is 5.18. The lowest BCUT2D eigenvalue weighted by Gasteiger charge is -2.23. The molecular weight excluding hydrogens is 330 g/mol. The van der Waals surface area contributed by atoms with Crippen molar-refractivity contribution in [2.24, 2.45) is 5.16 Å². The second kappa shape index (κ2) is 7.50. The predicted octanol–water partition coefficient (Wildman–Crippen LogP) is 3.14. The van der Waals surface area contributed by atoms with Crippen LogP contribution in [0.2, 0.25) is 0 Å². The summed E-state index contributed by atoms with van der Waals surface area (Å²) in [6.45, 7) is 6.29. The molecule has 6 heteroatoms. The van der Waals surface area contributed by atoms with Crippen LogP contribution >= 0.6 is 0 Å². The van der Waals surface area contributed by atoms with Crippen LogP contribution in [0.25, 0.3) is 11.0 Å². The maximum absolute atomic E-state index is 12.8. The van der Waals surface area contributed by atoms with Crippen LogP contribution in [0.15, 0.2) is 39.9 Å². The molecule has 2 aliphatic heterocycles. The molecular formula is C20H25N3O3. The molecule has 1 fully saturated rings. The third-order valence-electron chi connectivity index (χ3n) is 5.18. The van der Waals surface area contributed by atoms with Crippen molar-refractivity contribution >= 4 is 22.6 Å². The van der Waals surface area contributed by atoms with Crippen LogP contribution in [0.4, 0.5) is 0 Å². The minimum absolute atomic E-state index is 0.0169. The van der Waals surface area contributed by atoms with E-state index in [1.807, 2.05) is 35.2 Å². The first kappa shape index (κ1) is 17.1. The normalized spacial score (nSPS) is 21.5. The molecule has 6 nitrogen and oxygen atoms in total. The van der Waals surface area contributed by atoms with Gasteiger partial charge in [0.05, 0.1) is 5.71 Å². The van der Waals surface area contributed by atoms with Gasteiger partial charge in [-0.2, -0.15) is 0 Å². The number of amides is 1. The molecule has 0 bridgehead atoms. The minimum atomic E-state index is -0.0169. The van der Waals surface area contributed by atoms with E-state index in [0.29, 0.717) is 12.3 Å². The summed E-state index contributed by atoms with van der Waals surface area (Å²) < 4.78 is 5.74. The molecule has 0 aliphatic carbocycles. The van der Waals surface area contributed by atoms with Crippen molar-refractivity contribution in [3.8, 4) is 0 Å². The molecule has 26 heavy (non-hydrogen) atoms. The largest absolute Gasteiger partial charge is 0.451 e. The molecule has 1 amide bonds. The molecule has 1 atom stereocenters. The van der Waals surface area contributed by atoms with Crippen LogP contribution in [0.3, 0.4) is 0 Å². The van der Waals surface area contributed by atoms with E-state index >= 15 is 0 Å². The lowest BCUT2D eigenvalue weighted by molar-refractivity contribution is 0.0529. The maximum Gasteiger partial charge on any atom is 0.289 e. The van der Waals surface area contributed by atoms with Crippen molar-refractivity contribution in [2.45, 2.75) is 32.3 Å². The predicted molar refractivity (Wildman–Crippen MR) is 100 cm³/mol. The topological polar surface area (TPSA) is 58.3 Å². The highest BCUT2D eigenvalue weighted by Crippen LogP contribution is 2.21. The zero-order chi connectivity index (χ0) is 17.9. The molecule has 0 N–H and O–H groups in total. The van der Waals surface area contributed by atoms with Gasteiger partial charge in [0, 0.05) is 44.5 Å². The van der Waals surface area contributed by atoms with Crippen LogP contribution in [0.1, 0.15) is 36.7 Å². The Morgan fingerprint density at radius 3 is 2.92 bits per heavy atom. The Bertz CT molecular complexity index is 780. The summed E-state index contributed by atoms with van der Waals surface area (Å²) in [6, 6.07) is 9.58. The first-order valence-electron chi connectivity index (χ1n) is 9.44. The van der Waals surface area contributed by atoms with Gasteiger partial charge in [-0.15, -0.1) is 0 Å². The molecule has 3 heterocycles. The Balaban J connectivity index is 1.35. The minimum Gasteiger partial charge on any atom is -0.451 e. The van der Waals surface area contributed by atoms with Gasteiger partial charge in [0.1, 0.15) is 11.7 Å². The summed E-state index contributed by atoms with van der Waals surface area (Å²) in [5.41, 5.74) is 1.91. The molecule has 138 valence electrons. The Morgan fingerprint density at radius 2 is 2.12 bits per heavy atom. The standard InChI is InChI=1S/C20H25N3O3/c1-2-16-13-17(26-21-16)14-22-8-5-9-23(11-10-22)20(24)19-12-15-6-3-4-7-18(15)25-19/h3-4,6-7,12,17H,2,5,8-11,13-14H2,1H3. The number of nitrogens with zero attached hydrogens (tertiary/aromatic N) is 3. The summed E-state index contributed by atoms with van der Waals surface area (Å²) in [4.78, 5) is 22.6. The molecule has 0 saturated carbocycles. The highest BCUT2D eigenvalue weighted by atomic mass is 16.6. The smallest absolute Gasteiger partial charge is 0.289 e. The number of hydrogen-bond donors (Lipinski definition) is 0. The van der Waals surface area contributed by atoms with Gasteiger partial charge < -0.3 is 14.2 Å². The van der Waals surface area contributed by atoms with Crippen LogP contribution < -0.4 is 0 Å². The molecule has 0 spiro atoms. The molecule has 1 aromatic heterocycles. The van der Waals surface area contributed by atoms with E-state index in [0.717, 1.165) is 62.1 Å². The number of benzene rings is 1. The SMILES string of the molecule is CCC1=NOC(CN2CCCN(C(=O)c3cc4ccccc4o3)CC2)C1. The highest BCUT2D eigenvalue weighted by molar-refractivity contribution is 5.96. The van der Waals surface area contributed by atoms with Gasteiger partial charge in [-0.1, -0.05) is 30.3 Å². The molecule has 2 aromatic rings. The van der Waals surface area contributed by atoms with Crippen molar-refractivity contribution < 1.29 is 14.0 Å². The van der Waals surface area contributed by atoms with Crippen molar-refractivity contribution in [3.63, 3.8) is 0 Å². The Morgan fingerprint density at radius 1 is 1.23 bits per heavy atom. The number of oxime groups is 1. The number of carbonyl (C=O) groups is 1. The van der Waals surface area contributed by atoms with E-state index in [2.05, 4.69) is 17.0 Å². The summed E-state index contributed by atoms with van der Waals surface area (Å²) in [5, 5.41) is 5.11. The van der Waals surface area contributed by atoms with Gasteiger partial charge in [0.2, 0.25) is 0 Å². The highest BCUT2D eigenvalue weighted by Gasteiger charge is 2.26. The zero-order valence-corrected chi connectivity index (χ0v) is 15.2. The van der Waals surface area contributed by atoms with E-state index in [1.165, 1.54) is 0 Å². The van der Waals surface area contributed by atoms with E-state index < -0.39 is 0 Å².